The molecule has 0 atom stereocenters. The van der Waals surface area contributed by atoms with Crippen molar-refractivity contribution in [1.82, 2.24) is 9.55 Å². The highest BCUT2D eigenvalue weighted by Crippen LogP contribution is 2.34. The third-order valence-electron chi connectivity index (χ3n) is 5.47. The Morgan fingerprint density at radius 3 is 2.54 bits per heavy atom. The van der Waals surface area contributed by atoms with Gasteiger partial charge in [0.15, 0.2) is 0 Å². The Kier molecular flexibility index (Phi) is 4.90. The van der Waals surface area contributed by atoms with Crippen LogP contribution in [-0.4, -0.2) is 22.6 Å². The standard InChI is InChI=1S/C21H22FN3O3/c1-28-17-9-5-15(6-10-17)23-20(26)13-2-7-16(8-3-13)25-19-12-14(22)4-11-18(19)24-21(25)27/h4-6,9-13,16H,2-3,7-8H2,1H3,(H,23,26)(H,24,27)/t13-,16+. The number of hydrogen-bond donors (Lipinski definition) is 2. The van der Waals surface area contributed by atoms with Gasteiger partial charge in [0.1, 0.15) is 11.6 Å². The summed E-state index contributed by atoms with van der Waals surface area (Å²) in [6.07, 6.45) is 2.76. The maximum Gasteiger partial charge on any atom is 0.326 e. The number of aromatic nitrogens is 2. The van der Waals surface area contributed by atoms with Crippen LogP contribution >= 0.6 is 0 Å². The highest BCUT2D eigenvalue weighted by molar-refractivity contribution is 5.92. The molecule has 1 amide bonds. The van der Waals surface area contributed by atoms with Crippen molar-refractivity contribution >= 4 is 22.6 Å². The summed E-state index contributed by atoms with van der Waals surface area (Å²) in [5.74, 6) is 0.254. The molecule has 2 aromatic carbocycles. The molecule has 1 aliphatic rings. The number of fused-ring (bicyclic) bond motifs is 1. The number of nitrogens with zero attached hydrogens (tertiary/aromatic N) is 1. The molecule has 146 valence electrons. The predicted molar refractivity (Wildman–Crippen MR) is 105 cm³/mol. The summed E-state index contributed by atoms with van der Waals surface area (Å²) >= 11 is 0. The second-order valence-corrected chi connectivity index (χ2v) is 7.18. The van der Waals surface area contributed by atoms with Crippen molar-refractivity contribution in [3.05, 3.63) is 58.8 Å². The number of imidazole rings is 1. The van der Waals surface area contributed by atoms with Gasteiger partial charge in [0.2, 0.25) is 5.91 Å². The maximum atomic E-state index is 13.6. The van der Waals surface area contributed by atoms with Crippen molar-refractivity contribution < 1.29 is 13.9 Å². The smallest absolute Gasteiger partial charge is 0.326 e. The van der Waals surface area contributed by atoms with Crippen LogP contribution in [-0.2, 0) is 4.79 Å². The molecule has 6 nitrogen and oxygen atoms in total. The third kappa shape index (κ3) is 3.52. The summed E-state index contributed by atoms with van der Waals surface area (Å²) in [5.41, 5.74) is 1.71. The van der Waals surface area contributed by atoms with Gasteiger partial charge in [-0.1, -0.05) is 0 Å². The molecule has 2 N–H and O–H groups in total. The first-order chi connectivity index (χ1) is 13.5. The van der Waals surface area contributed by atoms with E-state index in [1.165, 1.54) is 12.1 Å². The number of benzene rings is 2. The minimum absolute atomic E-state index is 0.0130. The highest BCUT2D eigenvalue weighted by Gasteiger charge is 2.29. The average molecular weight is 383 g/mol. The first-order valence-corrected chi connectivity index (χ1v) is 9.40. The topological polar surface area (TPSA) is 76.1 Å². The zero-order valence-electron chi connectivity index (χ0n) is 15.6. The van der Waals surface area contributed by atoms with Crippen molar-refractivity contribution in [3.8, 4) is 5.75 Å². The quantitative estimate of drug-likeness (QED) is 0.719. The van der Waals surface area contributed by atoms with E-state index in [1.54, 1.807) is 29.9 Å². The van der Waals surface area contributed by atoms with E-state index in [0.717, 1.165) is 11.4 Å². The van der Waals surface area contributed by atoms with Gasteiger partial charge in [0, 0.05) is 17.6 Å². The predicted octanol–water partition coefficient (Wildman–Crippen LogP) is 3.85. The minimum atomic E-state index is -0.368. The van der Waals surface area contributed by atoms with Crippen molar-refractivity contribution in [2.24, 2.45) is 5.92 Å². The SMILES string of the molecule is COc1ccc(NC(=O)[C@H]2CC[C@@H](n3c(=O)[nH]c4ccc(F)cc43)CC2)cc1. The van der Waals surface area contributed by atoms with Crippen LogP contribution in [0, 0.1) is 11.7 Å². The lowest BCUT2D eigenvalue weighted by Gasteiger charge is -2.28. The Morgan fingerprint density at radius 2 is 1.86 bits per heavy atom. The van der Waals surface area contributed by atoms with E-state index in [-0.39, 0.29) is 29.4 Å². The number of halogens is 1. The van der Waals surface area contributed by atoms with E-state index in [2.05, 4.69) is 10.3 Å². The first-order valence-electron chi connectivity index (χ1n) is 9.40. The molecule has 1 saturated carbocycles. The summed E-state index contributed by atoms with van der Waals surface area (Å²) in [4.78, 5) is 27.7. The zero-order chi connectivity index (χ0) is 19.7. The number of rotatable bonds is 4. The molecule has 1 heterocycles. The average Bonchev–Trinajstić information content (AvgIpc) is 3.03. The third-order valence-corrected chi connectivity index (χ3v) is 5.47. The van der Waals surface area contributed by atoms with Crippen LogP contribution in [0.25, 0.3) is 11.0 Å². The van der Waals surface area contributed by atoms with Crippen LogP contribution in [0.2, 0.25) is 0 Å². The number of aromatic amines is 1. The lowest BCUT2D eigenvalue weighted by Crippen LogP contribution is -2.31. The Hall–Kier alpha value is -3.09. The fourth-order valence-electron chi connectivity index (χ4n) is 3.97. The molecule has 3 aromatic rings. The maximum absolute atomic E-state index is 13.6. The number of methoxy groups -OCH3 is 1. The van der Waals surface area contributed by atoms with Gasteiger partial charge in [0.25, 0.3) is 0 Å². The molecule has 1 aromatic heterocycles. The number of anilines is 1. The van der Waals surface area contributed by atoms with E-state index < -0.39 is 0 Å². The number of nitrogens with one attached hydrogen (secondary N) is 2. The summed E-state index contributed by atoms with van der Waals surface area (Å²) in [7, 11) is 1.60. The van der Waals surface area contributed by atoms with Crippen LogP contribution < -0.4 is 15.7 Å². The van der Waals surface area contributed by atoms with Crippen LogP contribution in [0.3, 0.4) is 0 Å². The van der Waals surface area contributed by atoms with Crippen LogP contribution in [0.5, 0.6) is 5.75 Å². The summed E-state index contributed by atoms with van der Waals surface area (Å²) in [5, 5.41) is 2.94. The van der Waals surface area contributed by atoms with Gasteiger partial charge < -0.3 is 15.0 Å². The molecule has 0 spiro atoms. The van der Waals surface area contributed by atoms with Gasteiger partial charge >= 0.3 is 5.69 Å². The number of H-pyrrole nitrogens is 1. The summed E-state index contributed by atoms with van der Waals surface area (Å²) in [6.45, 7) is 0. The zero-order valence-corrected chi connectivity index (χ0v) is 15.6. The van der Waals surface area contributed by atoms with E-state index in [4.69, 9.17) is 4.74 Å². The Labute approximate surface area is 161 Å². The highest BCUT2D eigenvalue weighted by atomic mass is 19.1. The van der Waals surface area contributed by atoms with Gasteiger partial charge in [-0.2, -0.15) is 0 Å². The lowest BCUT2D eigenvalue weighted by molar-refractivity contribution is -0.121. The molecule has 0 saturated heterocycles. The van der Waals surface area contributed by atoms with E-state index >= 15 is 0 Å². The fourth-order valence-corrected chi connectivity index (χ4v) is 3.97. The molecule has 4 rings (SSSR count). The molecule has 1 aliphatic carbocycles. The summed E-state index contributed by atoms with van der Waals surface area (Å²) in [6, 6.07) is 11.5. The first kappa shape index (κ1) is 18.3. The monoisotopic (exact) mass is 383 g/mol. The lowest BCUT2D eigenvalue weighted by atomic mass is 9.85. The Balaban J connectivity index is 1.43. The Morgan fingerprint density at radius 1 is 1.14 bits per heavy atom. The number of hydrogen-bond acceptors (Lipinski definition) is 3. The number of amides is 1. The van der Waals surface area contributed by atoms with Gasteiger partial charge in [0.05, 0.1) is 18.1 Å². The molecule has 0 radical (unpaired) electrons. The molecule has 1 fully saturated rings. The fraction of sp³-hybridized carbons (Fsp3) is 0.333. The second-order valence-electron chi connectivity index (χ2n) is 7.18. The molecular formula is C21H22FN3O3. The molecule has 0 bridgehead atoms. The second kappa shape index (κ2) is 7.50. The van der Waals surface area contributed by atoms with Crippen LogP contribution in [0.15, 0.2) is 47.3 Å². The Bertz CT molecular complexity index is 1050. The number of ether oxygens (including phenoxy) is 1. The van der Waals surface area contributed by atoms with Crippen LogP contribution in [0.1, 0.15) is 31.7 Å². The van der Waals surface area contributed by atoms with E-state index in [9.17, 15) is 14.0 Å². The number of carbonyl (C=O) groups excluding carboxylic acids is 1. The van der Waals surface area contributed by atoms with Crippen molar-refractivity contribution in [2.75, 3.05) is 12.4 Å². The van der Waals surface area contributed by atoms with Gasteiger partial charge in [-0.25, -0.2) is 9.18 Å². The number of carbonyl (C=O) groups is 1. The molecular weight excluding hydrogens is 361 g/mol. The normalized spacial score (nSPS) is 19.5. The van der Waals surface area contributed by atoms with E-state index in [1.807, 2.05) is 12.1 Å². The van der Waals surface area contributed by atoms with Gasteiger partial charge in [-0.05, 0) is 68.1 Å². The molecule has 7 heteroatoms. The van der Waals surface area contributed by atoms with Crippen molar-refractivity contribution in [2.45, 2.75) is 31.7 Å². The van der Waals surface area contributed by atoms with Crippen molar-refractivity contribution in [1.29, 1.82) is 0 Å². The largest absolute Gasteiger partial charge is 0.497 e. The van der Waals surface area contributed by atoms with Gasteiger partial charge in [-0.3, -0.25) is 9.36 Å². The summed E-state index contributed by atoms with van der Waals surface area (Å²) < 4.78 is 20.4. The molecule has 28 heavy (non-hydrogen) atoms. The minimum Gasteiger partial charge on any atom is -0.497 e. The van der Waals surface area contributed by atoms with Gasteiger partial charge in [-0.15, -0.1) is 0 Å². The van der Waals surface area contributed by atoms with E-state index in [0.29, 0.717) is 36.7 Å². The molecule has 0 aliphatic heterocycles. The molecule has 0 unspecified atom stereocenters. The van der Waals surface area contributed by atoms with Crippen LogP contribution in [0.4, 0.5) is 10.1 Å². The van der Waals surface area contributed by atoms with Crippen molar-refractivity contribution in [3.63, 3.8) is 0 Å².